The summed E-state index contributed by atoms with van der Waals surface area (Å²) < 4.78 is 7.60. The molecule has 2 heterocycles. The lowest BCUT2D eigenvalue weighted by Gasteiger charge is -2.05. The van der Waals surface area contributed by atoms with Crippen molar-refractivity contribution < 1.29 is 9.66 Å². The van der Waals surface area contributed by atoms with E-state index in [-0.39, 0.29) is 5.70 Å². The minimum atomic E-state index is -0.502. The summed E-state index contributed by atoms with van der Waals surface area (Å²) in [4.78, 5) is 14.4. The standard InChI is InChI=1S/C14H11BrN2O3S/c1-3-10(17(18)19)5-4-9(2)20-12-6-7-16-11-8-13(15)21-14(11)12/h3-8H,1H2,2H3/b9-4+,10-5+. The number of halogens is 1. The molecule has 2 rings (SSSR count). The summed E-state index contributed by atoms with van der Waals surface area (Å²) in [5.74, 6) is 1.20. The van der Waals surface area contributed by atoms with Gasteiger partial charge in [0.15, 0.2) is 0 Å². The Kier molecular flexibility index (Phi) is 4.87. The maximum Gasteiger partial charge on any atom is 0.268 e. The molecule has 2 aromatic rings. The third kappa shape index (κ3) is 3.77. The van der Waals surface area contributed by atoms with Crippen molar-refractivity contribution in [2.24, 2.45) is 0 Å². The molecular weight excluding hydrogens is 356 g/mol. The Hall–Kier alpha value is -1.99. The van der Waals surface area contributed by atoms with Crippen molar-refractivity contribution >= 4 is 37.5 Å². The Morgan fingerprint density at radius 1 is 1.57 bits per heavy atom. The molecule has 0 fully saturated rings. The molecular formula is C14H11BrN2O3S. The van der Waals surface area contributed by atoms with Crippen LogP contribution in [-0.2, 0) is 0 Å². The van der Waals surface area contributed by atoms with Crippen LogP contribution in [0.3, 0.4) is 0 Å². The summed E-state index contributed by atoms with van der Waals surface area (Å²) in [7, 11) is 0. The normalized spacial score (nSPS) is 12.5. The molecule has 5 nitrogen and oxygen atoms in total. The van der Waals surface area contributed by atoms with Crippen molar-refractivity contribution in [2.45, 2.75) is 6.92 Å². The topological polar surface area (TPSA) is 65.3 Å². The summed E-state index contributed by atoms with van der Waals surface area (Å²) in [5, 5.41) is 10.7. The lowest BCUT2D eigenvalue weighted by atomic mass is 10.3. The molecule has 0 spiro atoms. The van der Waals surface area contributed by atoms with Crippen LogP contribution < -0.4 is 4.74 Å². The summed E-state index contributed by atoms with van der Waals surface area (Å²) in [6.07, 6.45) is 5.73. The van der Waals surface area contributed by atoms with Gasteiger partial charge in [-0.1, -0.05) is 6.58 Å². The van der Waals surface area contributed by atoms with Crippen LogP contribution in [0.25, 0.3) is 10.2 Å². The van der Waals surface area contributed by atoms with Gasteiger partial charge in [0.2, 0.25) is 0 Å². The van der Waals surface area contributed by atoms with Gasteiger partial charge in [-0.05, 0) is 35.0 Å². The van der Waals surface area contributed by atoms with E-state index in [0.29, 0.717) is 11.5 Å². The van der Waals surface area contributed by atoms with Crippen LogP contribution in [0.5, 0.6) is 5.75 Å². The first-order valence-corrected chi connectivity index (χ1v) is 7.49. The van der Waals surface area contributed by atoms with Gasteiger partial charge in [-0.3, -0.25) is 15.1 Å². The van der Waals surface area contributed by atoms with Crippen LogP contribution in [0.4, 0.5) is 0 Å². The maximum absolute atomic E-state index is 10.7. The van der Waals surface area contributed by atoms with Crippen LogP contribution in [0, 0.1) is 10.1 Å². The lowest BCUT2D eigenvalue weighted by molar-refractivity contribution is -0.418. The Morgan fingerprint density at radius 3 is 3.00 bits per heavy atom. The molecule has 0 amide bonds. The number of allylic oxidation sites excluding steroid dienone is 4. The van der Waals surface area contributed by atoms with E-state index in [4.69, 9.17) is 4.74 Å². The van der Waals surface area contributed by atoms with Crippen LogP contribution in [0.1, 0.15) is 6.92 Å². The molecule has 21 heavy (non-hydrogen) atoms. The zero-order chi connectivity index (χ0) is 15.4. The highest BCUT2D eigenvalue weighted by Crippen LogP contribution is 2.35. The van der Waals surface area contributed by atoms with Crippen molar-refractivity contribution in [3.8, 4) is 5.75 Å². The van der Waals surface area contributed by atoms with Gasteiger partial charge in [0.25, 0.3) is 5.70 Å². The third-order valence-corrected chi connectivity index (χ3v) is 4.17. The number of hydrogen-bond donors (Lipinski definition) is 0. The first kappa shape index (κ1) is 15.4. The molecule has 0 aliphatic heterocycles. The molecule has 0 aromatic carbocycles. The summed E-state index contributed by atoms with van der Waals surface area (Å²) in [5.41, 5.74) is 0.751. The number of nitro groups is 1. The molecule has 0 saturated carbocycles. The summed E-state index contributed by atoms with van der Waals surface area (Å²) in [6.45, 7) is 5.12. The highest BCUT2D eigenvalue weighted by Gasteiger charge is 2.08. The number of thiophene rings is 1. The fourth-order valence-electron chi connectivity index (χ4n) is 1.58. The van der Waals surface area contributed by atoms with E-state index >= 15 is 0 Å². The monoisotopic (exact) mass is 366 g/mol. The highest BCUT2D eigenvalue weighted by molar-refractivity contribution is 9.11. The van der Waals surface area contributed by atoms with Gasteiger partial charge in [0.1, 0.15) is 11.5 Å². The maximum atomic E-state index is 10.7. The van der Waals surface area contributed by atoms with Crippen LogP contribution in [0.15, 0.2) is 58.4 Å². The number of nitrogens with zero attached hydrogens (tertiary/aromatic N) is 2. The van der Waals surface area contributed by atoms with Crippen molar-refractivity contribution in [3.05, 3.63) is 68.5 Å². The van der Waals surface area contributed by atoms with Gasteiger partial charge in [-0.15, -0.1) is 11.3 Å². The van der Waals surface area contributed by atoms with E-state index in [0.717, 1.165) is 14.0 Å². The average molecular weight is 367 g/mol. The molecule has 0 atom stereocenters. The Morgan fingerprint density at radius 2 is 2.33 bits per heavy atom. The lowest BCUT2D eigenvalue weighted by Crippen LogP contribution is -1.95. The van der Waals surface area contributed by atoms with Gasteiger partial charge < -0.3 is 4.74 Å². The van der Waals surface area contributed by atoms with Crippen LogP contribution in [-0.4, -0.2) is 9.91 Å². The number of ether oxygens (including phenoxy) is 1. The Bertz CT molecular complexity index is 765. The molecule has 0 unspecified atom stereocenters. The van der Waals surface area contributed by atoms with E-state index in [9.17, 15) is 10.1 Å². The fourth-order valence-corrected chi connectivity index (χ4v) is 3.07. The van der Waals surface area contributed by atoms with Crippen LogP contribution in [0.2, 0.25) is 0 Å². The summed E-state index contributed by atoms with van der Waals surface area (Å²) >= 11 is 4.93. The van der Waals surface area contributed by atoms with Crippen molar-refractivity contribution in [3.63, 3.8) is 0 Å². The van der Waals surface area contributed by atoms with Gasteiger partial charge in [-0.25, -0.2) is 0 Å². The largest absolute Gasteiger partial charge is 0.460 e. The van der Waals surface area contributed by atoms with E-state index in [1.54, 1.807) is 19.2 Å². The Labute approximate surface area is 133 Å². The van der Waals surface area contributed by atoms with E-state index in [1.807, 2.05) is 6.07 Å². The first-order chi connectivity index (χ1) is 10.0. The van der Waals surface area contributed by atoms with Crippen molar-refractivity contribution in [1.82, 2.24) is 4.98 Å². The molecule has 108 valence electrons. The van der Waals surface area contributed by atoms with Crippen molar-refractivity contribution in [1.29, 1.82) is 0 Å². The minimum Gasteiger partial charge on any atom is -0.460 e. The second kappa shape index (κ2) is 6.64. The quantitative estimate of drug-likeness (QED) is 0.333. The second-order valence-electron chi connectivity index (χ2n) is 4.01. The number of hydrogen-bond acceptors (Lipinski definition) is 5. The number of fused-ring (bicyclic) bond motifs is 1. The molecule has 0 radical (unpaired) electrons. The SMILES string of the molecule is C=C/C(=C\C=C(/C)Oc1ccnc2cc(Br)sc12)[N+](=O)[O-]. The zero-order valence-electron chi connectivity index (χ0n) is 11.1. The first-order valence-electron chi connectivity index (χ1n) is 5.88. The predicted molar refractivity (Wildman–Crippen MR) is 87.0 cm³/mol. The summed E-state index contributed by atoms with van der Waals surface area (Å²) in [6, 6.07) is 3.67. The van der Waals surface area contributed by atoms with Crippen molar-refractivity contribution in [2.75, 3.05) is 0 Å². The molecule has 2 aromatic heterocycles. The third-order valence-electron chi connectivity index (χ3n) is 2.53. The fraction of sp³-hybridized carbons (Fsp3) is 0.0714. The molecule has 0 N–H and O–H groups in total. The van der Waals surface area contributed by atoms with E-state index < -0.39 is 4.92 Å². The van der Waals surface area contributed by atoms with E-state index in [2.05, 4.69) is 27.5 Å². The zero-order valence-corrected chi connectivity index (χ0v) is 13.5. The minimum absolute atomic E-state index is 0.0864. The molecule has 0 aliphatic carbocycles. The van der Waals surface area contributed by atoms with Gasteiger partial charge >= 0.3 is 0 Å². The Balaban J connectivity index is 2.27. The average Bonchev–Trinajstić information content (AvgIpc) is 2.80. The van der Waals surface area contributed by atoms with Gasteiger partial charge in [0.05, 0.1) is 18.9 Å². The molecule has 0 saturated heterocycles. The predicted octanol–water partition coefficient (Wildman–Crippen LogP) is 4.69. The van der Waals surface area contributed by atoms with Gasteiger partial charge in [-0.2, -0.15) is 0 Å². The molecule has 0 bridgehead atoms. The smallest absolute Gasteiger partial charge is 0.268 e. The highest BCUT2D eigenvalue weighted by atomic mass is 79.9. The van der Waals surface area contributed by atoms with E-state index in [1.165, 1.54) is 29.6 Å². The number of aromatic nitrogens is 1. The molecule has 0 aliphatic rings. The van der Waals surface area contributed by atoms with Crippen LogP contribution >= 0.6 is 27.3 Å². The molecule has 7 heteroatoms. The number of pyridine rings is 1. The second-order valence-corrected chi connectivity index (χ2v) is 6.44. The number of rotatable bonds is 5. The van der Waals surface area contributed by atoms with Gasteiger partial charge in [0, 0.05) is 24.4 Å².